The number of halogens is 2. The molecule has 1 N–H and O–H groups in total. The number of aryl methyl sites for hydroxylation is 1. The molecule has 0 saturated carbocycles. The number of methoxy groups -OCH3 is 1. The number of amides is 2. The normalized spacial score (nSPS) is 12.1. The minimum Gasteiger partial charge on any atom is -0.495 e. The van der Waals surface area contributed by atoms with Crippen molar-refractivity contribution in [1.82, 2.24) is 10.2 Å². The Balaban J connectivity index is 2.14. The summed E-state index contributed by atoms with van der Waals surface area (Å²) in [6.45, 7) is 6.55. The third-order valence-corrected chi connectivity index (χ3v) is 8.93. The van der Waals surface area contributed by atoms with E-state index < -0.39 is 28.5 Å². The van der Waals surface area contributed by atoms with Crippen LogP contribution in [0.2, 0.25) is 10.0 Å². The fourth-order valence-electron chi connectivity index (χ4n) is 4.34. The van der Waals surface area contributed by atoms with Crippen molar-refractivity contribution in [2.45, 2.75) is 57.6 Å². The quantitative estimate of drug-likeness (QED) is 0.275. The van der Waals surface area contributed by atoms with E-state index in [1.165, 1.54) is 24.1 Å². The van der Waals surface area contributed by atoms with Crippen molar-refractivity contribution in [3.8, 4) is 5.75 Å². The largest absolute Gasteiger partial charge is 0.495 e. The van der Waals surface area contributed by atoms with Crippen molar-refractivity contribution < 1.29 is 22.7 Å². The Labute approximate surface area is 252 Å². The lowest BCUT2D eigenvalue weighted by atomic mass is 10.1. The van der Waals surface area contributed by atoms with E-state index in [9.17, 15) is 18.0 Å². The third kappa shape index (κ3) is 7.72. The van der Waals surface area contributed by atoms with Gasteiger partial charge in [-0.25, -0.2) is 8.42 Å². The molecule has 3 aromatic carbocycles. The number of anilines is 1. The van der Waals surface area contributed by atoms with E-state index in [1.807, 2.05) is 20.8 Å². The highest BCUT2D eigenvalue weighted by molar-refractivity contribution is 7.92. The predicted octanol–water partition coefficient (Wildman–Crippen LogP) is 5.84. The minimum absolute atomic E-state index is 0.00657. The van der Waals surface area contributed by atoms with Crippen LogP contribution in [0.3, 0.4) is 0 Å². The molecule has 0 aliphatic heterocycles. The zero-order chi connectivity index (χ0) is 30.3. The molecular weight excluding hydrogens is 585 g/mol. The van der Waals surface area contributed by atoms with Crippen molar-refractivity contribution >= 4 is 50.7 Å². The Morgan fingerprint density at radius 3 is 2.12 bits per heavy atom. The molecule has 0 radical (unpaired) electrons. The molecule has 0 aromatic heterocycles. The standard InChI is InChI=1S/C30H35Cl2N3O5S/c1-6-26(30(37)33-20(2)3)34(18-23-24(31)10-9-11-25(23)32)29(36)19-35(27-12-7-8-13-28(27)40-5)41(38,39)22-16-14-21(4)15-17-22/h7-17,20,26H,6,18-19H2,1-5H3,(H,33,37)/t26-/m0/s1. The van der Waals surface area contributed by atoms with Gasteiger partial charge in [0.05, 0.1) is 17.7 Å². The first-order chi connectivity index (χ1) is 19.4. The van der Waals surface area contributed by atoms with Crippen molar-refractivity contribution in [2.75, 3.05) is 18.0 Å². The second-order valence-corrected chi connectivity index (χ2v) is 12.5. The van der Waals surface area contributed by atoms with Gasteiger partial charge in [-0.2, -0.15) is 0 Å². The summed E-state index contributed by atoms with van der Waals surface area (Å²) in [4.78, 5) is 28.8. The van der Waals surface area contributed by atoms with Crippen LogP contribution in [0, 0.1) is 6.92 Å². The SMILES string of the molecule is CC[C@@H](C(=O)NC(C)C)N(Cc1c(Cl)cccc1Cl)C(=O)CN(c1ccccc1OC)S(=O)(=O)c1ccc(C)cc1. The molecule has 2 amide bonds. The third-order valence-electron chi connectivity index (χ3n) is 6.45. The second kappa shape index (κ2) is 14.1. The van der Waals surface area contributed by atoms with Crippen molar-refractivity contribution in [3.05, 3.63) is 87.9 Å². The lowest BCUT2D eigenvalue weighted by Crippen LogP contribution is -2.53. The summed E-state index contributed by atoms with van der Waals surface area (Å²) in [6.07, 6.45) is 0.270. The molecule has 11 heteroatoms. The first-order valence-electron chi connectivity index (χ1n) is 13.2. The second-order valence-electron chi connectivity index (χ2n) is 9.81. The van der Waals surface area contributed by atoms with Crippen LogP contribution in [0.15, 0.2) is 71.6 Å². The number of benzene rings is 3. The molecule has 0 heterocycles. The molecule has 8 nitrogen and oxygen atoms in total. The first kappa shape index (κ1) is 32.2. The van der Waals surface area contributed by atoms with Gasteiger partial charge < -0.3 is 15.0 Å². The van der Waals surface area contributed by atoms with Crippen LogP contribution < -0.4 is 14.4 Å². The van der Waals surface area contributed by atoms with Crippen LogP contribution in [0.1, 0.15) is 38.3 Å². The predicted molar refractivity (Wildman–Crippen MR) is 163 cm³/mol. The lowest BCUT2D eigenvalue weighted by molar-refractivity contribution is -0.140. The molecule has 0 aliphatic carbocycles. The van der Waals surface area contributed by atoms with Crippen LogP contribution in [-0.2, 0) is 26.2 Å². The Morgan fingerprint density at radius 2 is 1.56 bits per heavy atom. The van der Waals surface area contributed by atoms with Gasteiger partial charge in [0.2, 0.25) is 11.8 Å². The maximum atomic E-state index is 14.2. The molecule has 0 saturated heterocycles. The average Bonchev–Trinajstić information content (AvgIpc) is 2.92. The lowest BCUT2D eigenvalue weighted by Gasteiger charge is -2.34. The monoisotopic (exact) mass is 619 g/mol. The van der Waals surface area contributed by atoms with E-state index in [0.29, 0.717) is 15.6 Å². The summed E-state index contributed by atoms with van der Waals surface area (Å²) < 4.78 is 34.5. The Morgan fingerprint density at radius 1 is 0.951 bits per heavy atom. The van der Waals surface area contributed by atoms with E-state index in [0.717, 1.165) is 9.87 Å². The number of hydrogen-bond acceptors (Lipinski definition) is 5. The highest BCUT2D eigenvalue weighted by Crippen LogP contribution is 2.33. The average molecular weight is 621 g/mol. The topological polar surface area (TPSA) is 96.0 Å². The maximum Gasteiger partial charge on any atom is 0.264 e. The minimum atomic E-state index is -4.24. The van der Waals surface area contributed by atoms with Crippen LogP contribution in [0.25, 0.3) is 0 Å². The Hall–Kier alpha value is -3.27. The fourth-order valence-corrected chi connectivity index (χ4v) is 6.28. The maximum absolute atomic E-state index is 14.2. The molecular formula is C30H35Cl2N3O5S. The number of carbonyl (C=O) groups excluding carboxylic acids is 2. The number of para-hydroxylation sites is 2. The van der Waals surface area contributed by atoms with E-state index in [-0.39, 0.29) is 41.2 Å². The van der Waals surface area contributed by atoms with E-state index in [4.69, 9.17) is 27.9 Å². The van der Waals surface area contributed by atoms with Crippen LogP contribution in [0.4, 0.5) is 5.69 Å². The smallest absolute Gasteiger partial charge is 0.264 e. The molecule has 0 fully saturated rings. The number of ether oxygens (including phenoxy) is 1. The van der Waals surface area contributed by atoms with Gasteiger partial charge in [-0.3, -0.25) is 13.9 Å². The van der Waals surface area contributed by atoms with E-state index >= 15 is 0 Å². The first-order valence-corrected chi connectivity index (χ1v) is 15.3. The summed E-state index contributed by atoms with van der Waals surface area (Å²) in [5.41, 5.74) is 1.51. The van der Waals surface area contributed by atoms with Crippen LogP contribution in [-0.4, -0.2) is 50.9 Å². The van der Waals surface area contributed by atoms with Gasteiger partial charge in [0.15, 0.2) is 0 Å². The molecule has 0 bridgehead atoms. The molecule has 0 aliphatic rings. The number of nitrogens with zero attached hydrogens (tertiary/aromatic N) is 2. The highest BCUT2D eigenvalue weighted by Gasteiger charge is 2.35. The number of rotatable bonds is 12. The van der Waals surface area contributed by atoms with Gasteiger partial charge in [0.1, 0.15) is 18.3 Å². The molecule has 0 spiro atoms. The van der Waals surface area contributed by atoms with Crippen molar-refractivity contribution in [2.24, 2.45) is 0 Å². The summed E-state index contributed by atoms with van der Waals surface area (Å²) in [7, 11) is -2.82. The summed E-state index contributed by atoms with van der Waals surface area (Å²) in [5, 5.41) is 3.50. The fraction of sp³-hybridized carbons (Fsp3) is 0.333. The Bertz CT molecular complexity index is 1460. The molecule has 41 heavy (non-hydrogen) atoms. The van der Waals surface area contributed by atoms with Crippen LogP contribution in [0.5, 0.6) is 5.75 Å². The summed E-state index contributed by atoms with van der Waals surface area (Å²) >= 11 is 12.9. The molecule has 220 valence electrons. The zero-order valence-electron chi connectivity index (χ0n) is 23.7. The molecule has 3 rings (SSSR count). The van der Waals surface area contributed by atoms with E-state index in [1.54, 1.807) is 61.5 Å². The Kier molecular flexibility index (Phi) is 11.1. The molecule has 1 atom stereocenters. The number of hydrogen-bond donors (Lipinski definition) is 1. The number of sulfonamides is 1. The zero-order valence-corrected chi connectivity index (χ0v) is 26.1. The van der Waals surface area contributed by atoms with Gasteiger partial charge in [-0.15, -0.1) is 0 Å². The number of nitrogens with one attached hydrogen (secondary N) is 1. The van der Waals surface area contributed by atoms with Gasteiger partial charge in [0.25, 0.3) is 10.0 Å². The summed E-state index contributed by atoms with van der Waals surface area (Å²) in [6, 6.07) is 16.8. The van der Waals surface area contributed by atoms with Crippen molar-refractivity contribution in [3.63, 3.8) is 0 Å². The molecule has 3 aromatic rings. The van der Waals surface area contributed by atoms with Gasteiger partial charge >= 0.3 is 0 Å². The number of carbonyl (C=O) groups is 2. The highest BCUT2D eigenvalue weighted by atomic mass is 35.5. The van der Waals surface area contributed by atoms with Gasteiger partial charge in [0, 0.05) is 28.2 Å². The van der Waals surface area contributed by atoms with Gasteiger partial charge in [-0.1, -0.05) is 66.0 Å². The van der Waals surface area contributed by atoms with Crippen molar-refractivity contribution in [1.29, 1.82) is 0 Å². The van der Waals surface area contributed by atoms with Gasteiger partial charge in [-0.05, 0) is 63.6 Å². The molecule has 0 unspecified atom stereocenters. The van der Waals surface area contributed by atoms with E-state index in [2.05, 4.69) is 5.32 Å². The summed E-state index contributed by atoms with van der Waals surface area (Å²) in [5.74, 6) is -0.723. The van der Waals surface area contributed by atoms with Crippen LogP contribution >= 0.6 is 23.2 Å².